The van der Waals surface area contributed by atoms with Crippen molar-refractivity contribution in [3.63, 3.8) is 0 Å². The smallest absolute Gasteiger partial charge is 0.248 e. The SMILES string of the molecule is O=C1COCC(=O)N2CCOCCN3CCOCCOCCN1CCOCCOCCN(CCOCC2)CC3. The Kier molecular flexibility index (Phi) is 16.8. The van der Waals surface area contributed by atoms with Gasteiger partial charge >= 0.3 is 0 Å². The van der Waals surface area contributed by atoms with Crippen molar-refractivity contribution in [2.24, 2.45) is 0 Å². The highest BCUT2D eigenvalue weighted by Gasteiger charge is 2.18. The molecule has 2 unspecified atom stereocenters. The number of hydrogen-bond acceptors (Lipinski definition) is 11. The van der Waals surface area contributed by atoms with Gasteiger partial charge in [0.05, 0.1) is 79.3 Å². The Morgan fingerprint density at radius 1 is 0.333 bits per heavy atom. The standard InChI is InChI=1S/C26H48N4O9/c31-25-23-39-24-26(32)30-9-17-37-21-19-35-13-5-27-1-2-28(6-14-36-20-22-38-18-10-30)4-12-34-16-8-29(25)7-15-33-11-3-27/h1-24H2. The third kappa shape index (κ3) is 14.2. The van der Waals surface area contributed by atoms with Crippen LogP contribution in [0, 0.1) is 0 Å². The lowest BCUT2D eigenvalue weighted by Crippen LogP contribution is -2.41. The molecule has 13 nitrogen and oxygen atoms in total. The van der Waals surface area contributed by atoms with E-state index in [9.17, 15) is 9.59 Å². The molecule has 0 N–H and O–H groups in total. The first-order valence-corrected chi connectivity index (χ1v) is 14.3. The third-order valence-corrected chi connectivity index (χ3v) is 6.86. The van der Waals surface area contributed by atoms with Crippen molar-refractivity contribution in [3.05, 3.63) is 0 Å². The van der Waals surface area contributed by atoms with Crippen LogP contribution in [-0.4, -0.2) is 189 Å². The molecule has 4 fully saturated rings. The summed E-state index contributed by atoms with van der Waals surface area (Å²) in [6.07, 6.45) is 0. The van der Waals surface area contributed by atoms with Gasteiger partial charge in [-0.3, -0.25) is 19.4 Å². The highest BCUT2D eigenvalue weighted by Crippen LogP contribution is 2.01. The van der Waals surface area contributed by atoms with Crippen LogP contribution < -0.4 is 0 Å². The molecule has 4 aliphatic rings. The Morgan fingerprint density at radius 2 is 0.615 bits per heavy atom. The molecule has 4 aliphatic heterocycles. The Balaban J connectivity index is 1.75. The summed E-state index contributed by atoms with van der Waals surface area (Å²) in [5.74, 6) is -0.400. The molecule has 4 heterocycles. The molecular weight excluding hydrogens is 512 g/mol. The highest BCUT2D eigenvalue weighted by atomic mass is 16.5. The maximum Gasteiger partial charge on any atom is 0.248 e. The summed E-state index contributed by atoms with van der Waals surface area (Å²) in [5, 5.41) is 0. The summed E-state index contributed by atoms with van der Waals surface area (Å²) in [6, 6.07) is 0. The molecule has 4 rings (SSSR count). The molecule has 0 aromatic heterocycles. The fraction of sp³-hybridized carbons (Fsp3) is 0.923. The van der Waals surface area contributed by atoms with Crippen LogP contribution in [0.15, 0.2) is 0 Å². The molecule has 0 aromatic carbocycles. The first-order valence-electron chi connectivity index (χ1n) is 14.3. The van der Waals surface area contributed by atoms with Crippen LogP contribution in [0.1, 0.15) is 0 Å². The molecule has 0 saturated carbocycles. The number of hydrogen-bond donors (Lipinski definition) is 0. The minimum absolute atomic E-state index is 0.178. The van der Waals surface area contributed by atoms with Gasteiger partial charge in [-0.05, 0) is 0 Å². The number of ether oxygens (including phenoxy) is 7. The second-order valence-electron chi connectivity index (χ2n) is 9.61. The van der Waals surface area contributed by atoms with Gasteiger partial charge in [0.15, 0.2) is 0 Å². The molecule has 0 radical (unpaired) electrons. The average Bonchev–Trinajstić information content (AvgIpc) is 2.93. The first kappa shape index (κ1) is 32.1. The monoisotopic (exact) mass is 560 g/mol. The van der Waals surface area contributed by atoms with Crippen LogP contribution in [0.25, 0.3) is 0 Å². The zero-order valence-electron chi connectivity index (χ0n) is 23.4. The van der Waals surface area contributed by atoms with Gasteiger partial charge in [-0.1, -0.05) is 0 Å². The largest absolute Gasteiger partial charge is 0.378 e. The number of rotatable bonds is 0. The Hall–Kier alpha value is -1.42. The molecule has 4 bridgehead atoms. The lowest BCUT2D eigenvalue weighted by molar-refractivity contribution is -0.143. The van der Waals surface area contributed by atoms with E-state index in [1.165, 1.54) is 0 Å². The topological polar surface area (TPSA) is 112 Å². The van der Waals surface area contributed by atoms with Crippen molar-refractivity contribution in [2.45, 2.75) is 0 Å². The van der Waals surface area contributed by atoms with Crippen molar-refractivity contribution in [2.75, 3.05) is 158 Å². The van der Waals surface area contributed by atoms with Gasteiger partial charge < -0.3 is 43.0 Å². The summed E-state index contributed by atoms with van der Waals surface area (Å²) in [6.45, 7) is 12.0. The van der Waals surface area contributed by atoms with E-state index in [-0.39, 0.29) is 25.0 Å². The van der Waals surface area contributed by atoms with Crippen LogP contribution in [0.5, 0.6) is 0 Å². The zero-order chi connectivity index (χ0) is 27.4. The third-order valence-electron chi connectivity index (χ3n) is 6.86. The summed E-state index contributed by atoms with van der Waals surface area (Å²) in [7, 11) is 0. The van der Waals surface area contributed by atoms with E-state index in [0.717, 1.165) is 39.3 Å². The number of carbonyl (C=O) groups excluding carboxylic acids is 2. The predicted molar refractivity (Wildman–Crippen MR) is 142 cm³/mol. The van der Waals surface area contributed by atoms with Gasteiger partial charge in [0.25, 0.3) is 0 Å². The van der Waals surface area contributed by atoms with E-state index in [1.54, 1.807) is 9.80 Å². The Morgan fingerprint density at radius 3 is 0.949 bits per heavy atom. The molecule has 0 spiro atoms. The zero-order valence-corrected chi connectivity index (χ0v) is 23.4. The van der Waals surface area contributed by atoms with Crippen LogP contribution in [0.2, 0.25) is 0 Å². The quantitative estimate of drug-likeness (QED) is 0.342. The summed E-state index contributed by atoms with van der Waals surface area (Å²) in [5.41, 5.74) is 0. The van der Waals surface area contributed by atoms with Crippen LogP contribution >= 0.6 is 0 Å². The summed E-state index contributed by atoms with van der Waals surface area (Å²) < 4.78 is 40.4. The lowest BCUT2D eigenvalue weighted by Gasteiger charge is -2.27. The molecule has 39 heavy (non-hydrogen) atoms. The van der Waals surface area contributed by atoms with Gasteiger partial charge in [0, 0.05) is 65.4 Å². The molecule has 2 atom stereocenters. The van der Waals surface area contributed by atoms with Gasteiger partial charge in [-0.25, -0.2) is 0 Å². The van der Waals surface area contributed by atoms with Gasteiger partial charge in [0.2, 0.25) is 11.8 Å². The van der Waals surface area contributed by atoms with Crippen LogP contribution in [0.3, 0.4) is 0 Å². The van der Waals surface area contributed by atoms with E-state index < -0.39 is 0 Å². The van der Waals surface area contributed by atoms with Gasteiger partial charge in [0.1, 0.15) is 13.2 Å². The maximum atomic E-state index is 12.9. The summed E-state index contributed by atoms with van der Waals surface area (Å²) in [4.78, 5) is 33.8. The molecular formula is C26H48N4O9. The Labute approximate surface area is 232 Å². The van der Waals surface area contributed by atoms with Crippen molar-refractivity contribution in [1.29, 1.82) is 0 Å². The molecule has 0 aliphatic carbocycles. The molecule has 226 valence electrons. The van der Waals surface area contributed by atoms with Gasteiger partial charge in [-0.2, -0.15) is 0 Å². The fourth-order valence-electron chi connectivity index (χ4n) is 4.41. The molecule has 0 aromatic rings. The van der Waals surface area contributed by atoms with Crippen molar-refractivity contribution >= 4 is 11.8 Å². The number of carbonyl (C=O) groups is 2. The van der Waals surface area contributed by atoms with E-state index in [1.807, 2.05) is 0 Å². The van der Waals surface area contributed by atoms with Crippen molar-refractivity contribution < 1.29 is 42.7 Å². The van der Waals surface area contributed by atoms with E-state index in [0.29, 0.717) is 105 Å². The van der Waals surface area contributed by atoms with E-state index in [4.69, 9.17) is 33.2 Å². The van der Waals surface area contributed by atoms with E-state index >= 15 is 0 Å². The van der Waals surface area contributed by atoms with E-state index in [2.05, 4.69) is 9.80 Å². The number of fused-ring (bicyclic) bond motifs is 27. The molecule has 13 heteroatoms. The minimum atomic E-state index is -0.212. The predicted octanol–water partition coefficient (Wildman–Crippen LogP) is -1.60. The highest BCUT2D eigenvalue weighted by molar-refractivity contribution is 5.79. The second-order valence-corrected chi connectivity index (χ2v) is 9.61. The van der Waals surface area contributed by atoms with Crippen LogP contribution in [0.4, 0.5) is 0 Å². The number of nitrogens with zero attached hydrogens (tertiary/aromatic N) is 4. The minimum Gasteiger partial charge on any atom is -0.378 e. The number of amides is 2. The molecule has 4 saturated heterocycles. The Bertz CT molecular complexity index is 637. The fourth-order valence-corrected chi connectivity index (χ4v) is 4.41. The molecule has 2 amide bonds. The summed E-state index contributed by atoms with van der Waals surface area (Å²) >= 11 is 0. The first-order chi connectivity index (χ1) is 19.2. The average molecular weight is 561 g/mol. The van der Waals surface area contributed by atoms with Gasteiger partial charge in [-0.15, -0.1) is 0 Å². The lowest BCUT2D eigenvalue weighted by atomic mass is 10.4. The normalized spacial score (nSPS) is 28.4. The maximum absolute atomic E-state index is 12.9. The van der Waals surface area contributed by atoms with Crippen molar-refractivity contribution in [1.82, 2.24) is 19.6 Å². The van der Waals surface area contributed by atoms with Crippen molar-refractivity contribution in [3.8, 4) is 0 Å². The second kappa shape index (κ2) is 20.5. The van der Waals surface area contributed by atoms with Crippen LogP contribution in [-0.2, 0) is 42.7 Å².